The fourth-order valence-electron chi connectivity index (χ4n) is 2.02. The van der Waals surface area contributed by atoms with E-state index < -0.39 is 0 Å². The van der Waals surface area contributed by atoms with Gasteiger partial charge in [0.15, 0.2) is 11.5 Å². The lowest BCUT2D eigenvalue weighted by Gasteiger charge is -1.99. The van der Waals surface area contributed by atoms with Crippen molar-refractivity contribution in [2.45, 2.75) is 6.42 Å². The van der Waals surface area contributed by atoms with Gasteiger partial charge in [0.05, 0.1) is 5.69 Å². The summed E-state index contributed by atoms with van der Waals surface area (Å²) in [6, 6.07) is 12.9. The largest absolute Gasteiger partial charge is 0.383 e. The second-order valence-electron chi connectivity index (χ2n) is 4.16. The van der Waals surface area contributed by atoms with Crippen LogP contribution >= 0.6 is 0 Å². The van der Waals surface area contributed by atoms with Crippen molar-refractivity contribution in [3.8, 4) is 0 Å². The van der Waals surface area contributed by atoms with Crippen LogP contribution in [0.15, 0.2) is 48.7 Å². The van der Waals surface area contributed by atoms with Crippen molar-refractivity contribution >= 4 is 11.5 Å². The molecule has 2 heterocycles. The molecule has 0 fully saturated rings. The van der Waals surface area contributed by atoms with Crippen molar-refractivity contribution in [1.82, 2.24) is 9.38 Å². The summed E-state index contributed by atoms with van der Waals surface area (Å²) in [5, 5.41) is 0. The lowest BCUT2D eigenvalue weighted by Crippen LogP contribution is -1.97. The number of nitrogen functional groups attached to an aromatic ring is 1. The van der Waals surface area contributed by atoms with Crippen LogP contribution in [0.2, 0.25) is 0 Å². The van der Waals surface area contributed by atoms with Crippen molar-refractivity contribution in [2.24, 2.45) is 0 Å². The van der Waals surface area contributed by atoms with Crippen LogP contribution in [0.1, 0.15) is 11.3 Å². The van der Waals surface area contributed by atoms with Crippen LogP contribution in [-0.4, -0.2) is 9.38 Å². The van der Waals surface area contributed by atoms with Gasteiger partial charge >= 0.3 is 0 Å². The standard InChI is InChI=1S/C14H12FN3/c15-11-7-4-8-18-13(16)12(17-14(11)18)9-10-5-2-1-3-6-10/h1-8H,9,16H2. The molecule has 1 aromatic carbocycles. The zero-order valence-electron chi connectivity index (χ0n) is 9.68. The predicted molar refractivity (Wildman–Crippen MR) is 68.8 cm³/mol. The molecule has 3 aromatic rings. The lowest BCUT2D eigenvalue weighted by atomic mass is 10.1. The van der Waals surface area contributed by atoms with Crippen LogP contribution < -0.4 is 5.73 Å². The van der Waals surface area contributed by atoms with Gasteiger partial charge in [-0.2, -0.15) is 0 Å². The summed E-state index contributed by atoms with van der Waals surface area (Å²) in [4.78, 5) is 4.27. The highest BCUT2D eigenvalue weighted by Crippen LogP contribution is 2.19. The number of benzene rings is 1. The zero-order chi connectivity index (χ0) is 12.5. The molecule has 0 atom stereocenters. The minimum Gasteiger partial charge on any atom is -0.383 e. The molecule has 90 valence electrons. The summed E-state index contributed by atoms with van der Waals surface area (Å²) in [5.41, 5.74) is 8.07. The molecule has 0 unspecified atom stereocenters. The number of pyridine rings is 1. The fourth-order valence-corrected chi connectivity index (χ4v) is 2.02. The molecule has 0 bridgehead atoms. The summed E-state index contributed by atoms with van der Waals surface area (Å²) in [6.45, 7) is 0. The van der Waals surface area contributed by atoms with E-state index >= 15 is 0 Å². The Morgan fingerprint density at radius 2 is 1.89 bits per heavy atom. The van der Waals surface area contributed by atoms with Gasteiger partial charge in [-0.1, -0.05) is 30.3 Å². The second-order valence-corrected chi connectivity index (χ2v) is 4.16. The summed E-state index contributed by atoms with van der Waals surface area (Å²) in [7, 11) is 0. The first kappa shape index (κ1) is 10.8. The number of hydrogen-bond donors (Lipinski definition) is 1. The van der Waals surface area contributed by atoms with Gasteiger partial charge in [0.1, 0.15) is 5.82 Å². The molecule has 4 heteroatoms. The van der Waals surface area contributed by atoms with Crippen LogP contribution in [0, 0.1) is 5.82 Å². The third-order valence-corrected chi connectivity index (χ3v) is 2.93. The van der Waals surface area contributed by atoms with Gasteiger partial charge in [0.25, 0.3) is 0 Å². The van der Waals surface area contributed by atoms with Crippen LogP contribution in [0.3, 0.4) is 0 Å². The van der Waals surface area contributed by atoms with Gasteiger partial charge in [-0.05, 0) is 17.7 Å². The molecule has 3 nitrogen and oxygen atoms in total. The first-order valence-corrected chi connectivity index (χ1v) is 5.70. The van der Waals surface area contributed by atoms with Crippen molar-refractivity contribution in [3.63, 3.8) is 0 Å². The highest BCUT2D eigenvalue weighted by atomic mass is 19.1. The number of aromatic nitrogens is 2. The van der Waals surface area contributed by atoms with Crippen molar-refractivity contribution in [3.05, 3.63) is 65.7 Å². The minimum atomic E-state index is -0.358. The molecule has 0 amide bonds. The Kier molecular flexibility index (Phi) is 2.48. The van der Waals surface area contributed by atoms with Gasteiger partial charge < -0.3 is 5.73 Å². The molecule has 0 spiro atoms. The van der Waals surface area contributed by atoms with E-state index in [4.69, 9.17) is 5.73 Å². The van der Waals surface area contributed by atoms with Gasteiger partial charge in [-0.15, -0.1) is 0 Å². The highest BCUT2D eigenvalue weighted by molar-refractivity contribution is 5.54. The summed E-state index contributed by atoms with van der Waals surface area (Å²) in [5.74, 6) is 0.136. The number of hydrogen-bond acceptors (Lipinski definition) is 2. The second kappa shape index (κ2) is 4.14. The average molecular weight is 241 g/mol. The smallest absolute Gasteiger partial charge is 0.175 e. The predicted octanol–water partition coefficient (Wildman–Crippen LogP) is 2.65. The van der Waals surface area contributed by atoms with Crippen molar-refractivity contribution in [1.29, 1.82) is 0 Å². The molecule has 0 aliphatic heterocycles. The van der Waals surface area contributed by atoms with Crippen LogP contribution in [0.25, 0.3) is 5.65 Å². The molecule has 0 radical (unpaired) electrons. The maximum absolute atomic E-state index is 13.6. The normalized spacial score (nSPS) is 10.9. The van der Waals surface area contributed by atoms with E-state index in [0.717, 1.165) is 5.56 Å². The summed E-state index contributed by atoms with van der Waals surface area (Å²) in [6.07, 6.45) is 2.32. The van der Waals surface area contributed by atoms with Crippen LogP contribution in [0.4, 0.5) is 10.2 Å². The molecule has 0 aliphatic carbocycles. The van der Waals surface area contributed by atoms with E-state index in [2.05, 4.69) is 4.98 Å². The molecule has 2 N–H and O–H groups in total. The van der Waals surface area contributed by atoms with Crippen molar-refractivity contribution in [2.75, 3.05) is 5.73 Å². The summed E-state index contributed by atoms with van der Waals surface area (Å²) >= 11 is 0. The van der Waals surface area contributed by atoms with E-state index in [9.17, 15) is 4.39 Å². The SMILES string of the molecule is Nc1c(Cc2ccccc2)nc2c(F)cccn12. The third kappa shape index (κ3) is 1.72. The van der Waals surface area contributed by atoms with Gasteiger partial charge in [-0.3, -0.25) is 4.40 Å². The van der Waals surface area contributed by atoms with Crippen LogP contribution in [-0.2, 0) is 6.42 Å². The first-order chi connectivity index (χ1) is 8.75. The first-order valence-electron chi connectivity index (χ1n) is 5.70. The number of anilines is 1. The number of imidazole rings is 1. The lowest BCUT2D eigenvalue weighted by molar-refractivity contribution is 0.630. The Morgan fingerprint density at radius 1 is 1.11 bits per heavy atom. The molecular weight excluding hydrogens is 229 g/mol. The van der Waals surface area contributed by atoms with E-state index in [0.29, 0.717) is 17.9 Å². The molecule has 0 saturated heterocycles. The number of rotatable bonds is 2. The molecule has 0 aliphatic rings. The number of nitrogens with zero attached hydrogens (tertiary/aromatic N) is 2. The van der Waals surface area contributed by atoms with Gasteiger partial charge in [0.2, 0.25) is 0 Å². The quantitative estimate of drug-likeness (QED) is 0.749. The van der Waals surface area contributed by atoms with Crippen LogP contribution in [0.5, 0.6) is 0 Å². The molecule has 2 aromatic heterocycles. The number of nitrogens with two attached hydrogens (primary N) is 1. The number of fused-ring (bicyclic) bond motifs is 1. The Bertz CT molecular complexity index is 689. The Hall–Kier alpha value is -2.36. The molecule has 18 heavy (non-hydrogen) atoms. The van der Waals surface area contributed by atoms with E-state index in [-0.39, 0.29) is 11.5 Å². The Balaban J connectivity index is 2.08. The minimum absolute atomic E-state index is 0.279. The maximum Gasteiger partial charge on any atom is 0.175 e. The average Bonchev–Trinajstić information content (AvgIpc) is 2.70. The Labute approximate surface area is 104 Å². The Morgan fingerprint density at radius 3 is 2.61 bits per heavy atom. The third-order valence-electron chi connectivity index (χ3n) is 2.93. The fraction of sp³-hybridized carbons (Fsp3) is 0.0714. The number of halogens is 1. The molecule has 3 rings (SSSR count). The zero-order valence-corrected chi connectivity index (χ0v) is 9.68. The molecular formula is C14H12FN3. The van der Waals surface area contributed by atoms with Gasteiger partial charge in [0, 0.05) is 12.6 Å². The van der Waals surface area contributed by atoms with Crippen molar-refractivity contribution < 1.29 is 4.39 Å². The monoisotopic (exact) mass is 241 g/mol. The summed E-state index contributed by atoms with van der Waals surface area (Å²) < 4.78 is 15.2. The topological polar surface area (TPSA) is 43.3 Å². The van der Waals surface area contributed by atoms with Gasteiger partial charge in [-0.25, -0.2) is 9.37 Å². The maximum atomic E-state index is 13.6. The van der Waals surface area contributed by atoms with E-state index in [1.165, 1.54) is 6.07 Å². The highest BCUT2D eigenvalue weighted by Gasteiger charge is 2.12. The molecule has 0 saturated carbocycles. The van der Waals surface area contributed by atoms with E-state index in [1.807, 2.05) is 30.3 Å². The van der Waals surface area contributed by atoms with E-state index in [1.54, 1.807) is 16.7 Å².